The molecular weight excluding hydrogens is 354 g/mol. The minimum Gasteiger partial charge on any atom is -0.361 e. The Morgan fingerprint density at radius 1 is 1.23 bits per heavy atom. The third-order valence-corrected chi connectivity index (χ3v) is 5.36. The summed E-state index contributed by atoms with van der Waals surface area (Å²) in [6.45, 7) is 2.42. The highest BCUT2D eigenvalue weighted by atomic mass is 35.5. The lowest BCUT2D eigenvalue weighted by molar-refractivity contribution is -0.156. The molecule has 6 nitrogen and oxygen atoms in total. The van der Waals surface area contributed by atoms with Crippen molar-refractivity contribution in [2.75, 3.05) is 6.54 Å². The number of halogens is 1. The summed E-state index contributed by atoms with van der Waals surface area (Å²) in [5, 5.41) is 4.65. The minimum atomic E-state index is -0.542. The molecule has 0 spiro atoms. The monoisotopic (exact) mass is 373 g/mol. The Balaban J connectivity index is 1.45. The van der Waals surface area contributed by atoms with Gasteiger partial charge in [0.2, 0.25) is 11.8 Å². The van der Waals surface area contributed by atoms with Crippen molar-refractivity contribution < 1.29 is 14.1 Å². The Morgan fingerprint density at radius 2 is 2.00 bits per heavy atom. The Bertz CT molecular complexity index is 846. The van der Waals surface area contributed by atoms with Crippen LogP contribution >= 0.6 is 11.6 Å². The highest BCUT2D eigenvalue weighted by molar-refractivity contribution is 6.31. The first-order valence-electron chi connectivity index (χ1n) is 8.80. The van der Waals surface area contributed by atoms with Crippen LogP contribution in [0.3, 0.4) is 0 Å². The van der Waals surface area contributed by atoms with Crippen LogP contribution in [0.4, 0.5) is 0 Å². The Morgan fingerprint density at radius 3 is 2.73 bits per heavy atom. The molecule has 2 aromatic rings. The maximum Gasteiger partial charge on any atom is 0.245 e. The zero-order valence-electron chi connectivity index (χ0n) is 14.5. The maximum absolute atomic E-state index is 12.8. The van der Waals surface area contributed by atoms with Gasteiger partial charge in [-0.15, -0.1) is 0 Å². The number of carbonyl (C=O) groups is 2. The number of amides is 2. The standard InChI is InChI=1S/C19H20ClN3O3/c1-12-19(25)22(9-14-4-2-3-5-16(14)20)11-18(24)23(12)10-15-8-17(26-21-15)13-6-7-13/h2-5,8,12-13H,6-7,9-11H2,1H3/t12-/m0/s1. The molecule has 2 amide bonds. The summed E-state index contributed by atoms with van der Waals surface area (Å²) in [5.74, 6) is 1.16. The number of piperazine rings is 1. The van der Waals surface area contributed by atoms with Crippen LogP contribution in [-0.4, -0.2) is 39.4 Å². The van der Waals surface area contributed by atoms with Crippen LogP contribution in [0.5, 0.6) is 0 Å². The number of rotatable bonds is 5. The molecule has 4 rings (SSSR count). The van der Waals surface area contributed by atoms with E-state index in [0.717, 1.165) is 24.2 Å². The number of nitrogens with zero attached hydrogens (tertiary/aromatic N) is 3. The molecule has 1 atom stereocenters. The fourth-order valence-electron chi connectivity index (χ4n) is 3.27. The van der Waals surface area contributed by atoms with Crippen LogP contribution < -0.4 is 0 Å². The fourth-order valence-corrected chi connectivity index (χ4v) is 3.47. The van der Waals surface area contributed by atoms with Gasteiger partial charge < -0.3 is 14.3 Å². The van der Waals surface area contributed by atoms with Gasteiger partial charge in [-0.2, -0.15) is 0 Å². The van der Waals surface area contributed by atoms with Gasteiger partial charge in [-0.3, -0.25) is 9.59 Å². The van der Waals surface area contributed by atoms with Gasteiger partial charge in [0.15, 0.2) is 0 Å². The first-order chi connectivity index (χ1) is 12.5. The summed E-state index contributed by atoms with van der Waals surface area (Å²) in [4.78, 5) is 28.5. The second kappa shape index (κ2) is 6.76. The molecule has 26 heavy (non-hydrogen) atoms. The van der Waals surface area contributed by atoms with Crippen molar-refractivity contribution in [1.82, 2.24) is 15.0 Å². The van der Waals surface area contributed by atoms with E-state index in [1.807, 2.05) is 24.3 Å². The van der Waals surface area contributed by atoms with E-state index in [4.69, 9.17) is 16.1 Å². The third-order valence-electron chi connectivity index (χ3n) is 4.99. The average molecular weight is 374 g/mol. The van der Waals surface area contributed by atoms with Crippen molar-refractivity contribution in [3.63, 3.8) is 0 Å². The number of hydrogen-bond donors (Lipinski definition) is 0. The lowest BCUT2D eigenvalue weighted by Crippen LogP contribution is -2.58. The quantitative estimate of drug-likeness (QED) is 0.808. The van der Waals surface area contributed by atoms with Crippen molar-refractivity contribution in [1.29, 1.82) is 0 Å². The van der Waals surface area contributed by atoms with Crippen LogP contribution in [0, 0.1) is 0 Å². The molecule has 1 aromatic carbocycles. The van der Waals surface area contributed by atoms with Gasteiger partial charge in [0.1, 0.15) is 24.0 Å². The summed E-state index contributed by atoms with van der Waals surface area (Å²) in [5.41, 5.74) is 1.53. The summed E-state index contributed by atoms with van der Waals surface area (Å²) < 4.78 is 5.34. The first-order valence-corrected chi connectivity index (χ1v) is 9.18. The molecule has 0 N–H and O–H groups in total. The van der Waals surface area contributed by atoms with Gasteiger partial charge in [-0.05, 0) is 31.4 Å². The van der Waals surface area contributed by atoms with Crippen LogP contribution in [0.25, 0.3) is 0 Å². The predicted molar refractivity (Wildman–Crippen MR) is 95.4 cm³/mol. The van der Waals surface area contributed by atoms with E-state index in [0.29, 0.717) is 29.7 Å². The van der Waals surface area contributed by atoms with Crippen molar-refractivity contribution >= 4 is 23.4 Å². The largest absolute Gasteiger partial charge is 0.361 e. The SMILES string of the molecule is C[C@H]1C(=O)N(Cc2ccccc2Cl)CC(=O)N1Cc1cc(C2CC2)on1. The van der Waals surface area contributed by atoms with Gasteiger partial charge in [-0.1, -0.05) is 35.0 Å². The van der Waals surface area contributed by atoms with Gasteiger partial charge in [0.05, 0.1) is 6.54 Å². The predicted octanol–water partition coefficient (Wildman–Crippen LogP) is 2.96. The van der Waals surface area contributed by atoms with Crippen molar-refractivity contribution in [3.8, 4) is 0 Å². The highest BCUT2D eigenvalue weighted by Crippen LogP contribution is 2.40. The molecule has 7 heteroatoms. The number of aromatic nitrogens is 1. The molecule has 1 aliphatic heterocycles. The zero-order valence-corrected chi connectivity index (χ0v) is 15.3. The van der Waals surface area contributed by atoms with Crippen molar-refractivity contribution in [2.24, 2.45) is 0 Å². The Hall–Kier alpha value is -2.34. The Labute approximate surface area is 156 Å². The molecule has 1 saturated heterocycles. The minimum absolute atomic E-state index is 0.0434. The number of benzene rings is 1. The fraction of sp³-hybridized carbons (Fsp3) is 0.421. The number of carbonyl (C=O) groups excluding carboxylic acids is 2. The first kappa shape index (κ1) is 17.1. The lowest BCUT2D eigenvalue weighted by Gasteiger charge is -2.38. The molecule has 1 aliphatic carbocycles. The molecule has 0 bridgehead atoms. The molecule has 1 saturated carbocycles. The molecule has 1 aromatic heterocycles. The molecule has 2 fully saturated rings. The summed E-state index contributed by atoms with van der Waals surface area (Å²) in [7, 11) is 0. The number of hydrogen-bond acceptors (Lipinski definition) is 4. The summed E-state index contributed by atoms with van der Waals surface area (Å²) in [6.07, 6.45) is 2.26. The molecule has 2 heterocycles. The third kappa shape index (κ3) is 3.33. The van der Waals surface area contributed by atoms with E-state index in [1.54, 1.807) is 22.8 Å². The van der Waals surface area contributed by atoms with Crippen LogP contribution in [0.2, 0.25) is 5.02 Å². The van der Waals surface area contributed by atoms with Crippen molar-refractivity contribution in [3.05, 3.63) is 52.4 Å². The summed E-state index contributed by atoms with van der Waals surface area (Å²) in [6, 6.07) is 8.72. The van der Waals surface area contributed by atoms with Crippen molar-refractivity contribution in [2.45, 2.75) is 44.8 Å². The zero-order chi connectivity index (χ0) is 18.3. The molecule has 2 aliphatic rings. The van der Waals surface area contributed by atoms with E-state index < -0.39 is 6.04 Å². The summed E-state index contributed by atoms with van der Waals surface area (Å²) >= 11 is 6.18. The van der Waals surface area contributed by atoms with Gasteiger partial charge in [-0.25, -0.2) is 0 Å². The second-order valence-electron chi connectivity index (χ2n) is 6.98. The smallest absolute Gasteiger partial charge is 0.245 e. The molecule has 0 unspecified atom stereocenters. The highest BCUT2D eigenvalue weighted by Gasteiger charge is 2.37. The van der Waals surface area contributed by atoms with Gasteiger partial charge in [0.25, 0.3) is 0 Å². The van der Waals surface area contributed by atoms with Gasteiger partial charge >= 0.3 is 0 Å². The van der Waals surface area contributed by atoms with E-state index in [9.17, 15) is 9.59 Å². The van der Waals surface area contributed by atoms with Gasteiger partial charge in [0, 0.05) is 23.6 Å². The second-order valence-corrected chi connectivity index (χ2v) is 7.39. The van der Waals surface area contributed by atoms with E-state index >= 15 is 0 Å². The molecule has 0 radical (unpaired) electrons. The van der Waals surface area contributed by atoms with E-state index in [2.05, 4.69) is 5.16 Å². The van der Waals surface area contributed by atoms with Crippen LogP contribution in [0.1, 0.15) is 42.7 Å². The topological polar surface area (TPSA) is 66.7 Å². The lowest BCUT2D eigenvalue weighted by atomic mass is 10.1. The Kier molecular flexibility index (Phi) is 4.44. The molecule has 136 valence electrons. The van der Waals surface area contributed by atoms with Crippen LogP contribution in [0.15, 0.2) is 34.9 Å². The van der Waals surface area contributed by atoms with E-state index in [-0.39, 0.29) is 18.4 Å². The average Bonchev–Trinajstić information content (AvgIpc) is 3.37. The van der Waals surface area contributed by atoms with Crippen LogP contribution in [-0.2, 0) is 22.7 Å². The maximum atomic E-state index is 12.8. The normalized spacial score (nSPS) is 20.8. The van der Waals surface area contributed by atoms with E-state index in [1.165, 1.54) is 0 Å². The molecular formula is C19H20ClN3O3.